The third kappa shape index (κ3) is 6.81. The average molecular weight is 363 g/mol. The smallest absolute Gasteiger partial charge is 0.243 e. The van der Waals surface area contributed by atoms with E-state index in [4.69, 9.17) is 11.6 Å². The van der Waals surface area contributed by atoms with Crippen LogP contribution in [0.15, 0.2) is 53.5 Å². The Balaban J connectivity index is 1.88. The molecule has 2 aromatic carbocycles. The number of anilines is 1. The van der Waals surface area contributed by atoms with Crippen LogP contribution in [0.4, 0.5) is 10.1 Å². The molecule has 2 rings (SSSR count). The van der Waals surface area contributed by atoms with Gasteiger partial charge in [0.2, 0.25) is 5.91 Å². The summed E-state index contributed by atoms with van der Waals surface area (Å²) in [6, 6.07) is 13.0. The van der Waals surface area contributed by atoms with Crippen LogP contribution in [0.2, 0.25) is 5.02 Å². The molecule has 0 radical (unpaired) electrons. The lowest BCUT2D eigenvalue weighted by Gasteiger charge is -2.11. The predicted molar refractivity (Wildman–Crippen MR) is 99.3 cm³/mol. The second-order valence-electron chi connectivity index (χ2n) is 5.23. The second-order valence-corrected chi connectivity index (χ2v) is 5.67. The van der Waals surface area contributed by atoms with Crippen LogP contribution in [0.3, 0.4) is 0 Å². The third-order valence-electron chi connectivity index (χ3n) is 3.20. The molecular formula is C18H20ClFN4O. The summed E-state index contributed by atoms with van der Waals surface area (Å²) >= 11 is 5.95. The van der Waals surface area contributed by atoms with Crippen molar-refractivity contribution in [2.45, 2.75) is 13.5 Å². The molecule has 0 saturated heterocycles. The number of benzene rings is 2. The van der Waals surface area contributed by atoms with E-state index >= 15 is 0 Å². The van der Waals surface area contributed by atoms with Crippen molar-refractivity contribution in [2.24, 2.45) is 4.99 Å². The Kier molecular flexibility index (Phi) is 7.22. The van der Waals surface area contributed by atoms with Crippen LogP contribution in [-0.4, -0.2) is 25.0 Å². The highest BCUT2D eigenvalue weighted by Crippen LogP contribution is 2.11. The second kappa shape index (κ2) is 9.64. The Bertz CT molecular complexity index is 734. The van der Waals surface area contributed by atoms with Crippen LogP contribution >= 0.6 is 11.6 Å². The van der Waals surface area contributed by atoms with Crippen LogP contribution in [-0.2, 0) is 11.3 Å². The standard InChI is InChI=1S/C18H20ClFN4O/c1-2-21-18(22-11-13-4-3-5-14(19)10-13)23-12-17(25)24-16-8-6-15(20)7-9-16/h3-10H,2,11-12H2,1H3,(H,24,25)(H2,21,22,23). The Morgan fingerprint density at radius 3 is 2.60 bits per heavy atom. The number of guanidine groups is 1. The van der Waals surface area contributed by atoms with Crippen molar-refractivity contribution < 1.29 is 9.18 Å². The zero-order valence-electron chi connectivity index (χ0n) is 13.9. The number of hydrogen-bond donors (Lipinski definition) is 3. The molecule has 0 aliphatic heterocycles. The first kappa shape index (κ1) is 18.7. The summed E-state index contributed by atoms with van der Waals surface area (Å²) in [7, 11) is 0. The van der Waals surface area contributed by atoms with Gasteiger partial charge in [0.25, 0.3) is 0 Å². The van der Waals surface area contributed by atoms with Crippen molar-refractivity contribution in [1.29, 1.82) is 0 Å². The quantitative estimate of drug-likeness (QED) is 0.546. The van der Waals surface area contributed by atoms with Gasteiger partial charge in [0.1, 0.15) is 5.82 Å². The maximum Gasteiger partial charge on any atom is 0.243 e. The highest BCUT2D eigenvalue weighted by molar-refractivity contribution is 6.30. The van der Waals surface area contributed by atoms with Gasteiger partial charge in [-0.2, -0.15) is 0 Å². The number of amides is 1. The minimum Gasteiger partial charge on any atom is -0.357 e. The first-order valence-corrected chi connectivity index (χ1v) is 8.26. The first-order valence-electron chi connectivity index (χ1n) is 7.89. The summed E-state index contributed by atoms with van der Waals surface area (Å²) < 4.78 is 12.9. The number of rotatable bonds is 6. The highest BCUT2D eigenvalue weighted by atomic mass is 35.5. The van der Waals surface area contributed by atoms with E-state index in [-0.39, 0.29) is 18.3 Å². The maximum absolute atomic E-state index is 12.9. The van der Waals surface area contributed by atoms with Crippen LogP contribution in [0.1, 0.15) is 12.5 Å². The van der Waals surface area contributed by atoms with Crippen LogP contribution < -0.4 is 16.0 Å². The largest absolute Gasteiger partial charge is 0.357 e. The third-order valence-corrected chi connectivity index (χ3v) is 3.43. The number of carbonyl (C=O) groups excluding carboxylic acids is 1. The van der Waals surface area contributed by atoms with Crippen LogP contribution in [0, 0.1) is 5.82 Å². The molecule has 0 aliphatic rings. The van der Waals surface area contributed by atoms with Gasteiger partial charge in [-0.15, -0.1) is 0 Å². The normalized spacial score (nSPS) is 11.1. The van der Waals surface area contributed by atoms with Gasteiger partial charge in [0.15, 0.2) is 5.96 Å². The molecule has 1 amide bonds. The summed E-state index contributed by atoms with van der Waals surface area (Å²) in [5.41, 5.74) is 1.51. The minimum absolute atomic E-state index is 0.0404. The molecule has 0 heterocycles. The van der Waals surface area contributed by atoms with Gasteiger partial charge in [-0.05, 0) is 48.9 Å². The van der Waals surface area contributed by atoms with Crippen molar-refractivity contribution >= 4 is 29.2 Å². The van der Waals surface area contributed by atoms with E-state index < -0.39 is 0 Å². The Morgan fingerprint density at radius 1 is 1.16 bits per heavy atom. The number of aliphatic imine (C=N–C) groups is 1. The van der Waals surface area contributed by atoms with E-state index in [1.807, 2.05) is 25.1 Å². The predicted octanol–water partition coefficient (Wildman–Crippen LogP) is 3.17. The van der Waals surface area contributed by atoms with Gasteiger partial charge in [-0.1, -0.05) is 23.7 Å². The van der Waals surface area contributed by atoms with Gasteiger partial charge in [-0.3, -0.25) is 4.79 Å². The summed E-state index contributed by atoms with van der Waals surface area (Å²) in [4.78, 5) is 16.4. The van der Waals surface area contributed by atoms with Crippen LogP contribution in [0.25, 0.3) is 0 Å². The molecule has 0 fully saturated rings. The van der Waals surface area contributed by atoms with Crippen molar-refractivity contribution in [1.82, 2.24) is 10.6 Å². The average Bonchev–Trinajstić information content (AvgIpc) is 2.59. The number of halogens is 2. The molecule has 0 saturated carbocycles. The lowest BCUT2D eigenvalue weighted by Crippen LogP contribution is -2.41. The lowest BCUT2D eigenvalue weighted by molar-refractivity contribution is -0.115. The number of nitrogens with zero attached hydrogens (tertiary/aromatic N) is 1. The van der Waals surface area contributed by atoms with Crippen molar-refractivity contribution in [3.8, 4) is 0 Å². The van der Waals surface area contributed by atoms with E-state index in [1.165, 1.54) is 24.3 Å². The topological polar surface area (TPSA) is 65.5 Å². The molecule has 0 spiro atoms. The summed E-state index contributed by atoms with van der Waals surface area (Å²) in [5.74, 6) is -0.0737. The SMILES string of the molecule is CCNC(=NCc1cccc(Cl)c1)NCC(=O)Nc1ccc(F)cc1. The summed E-state index contributed by atoms with van der Waals surface area (Å²) in [5, 5.41) is 9.36. The molecule has 7 heteroatoms. The summed E-state index contributed by atoms with van der Waals surface area (Å²) in [6.07, 6.45) is 0. The summed E-state index contributed by atoms with van der Waals surface area (Å²) in [6.45, 7) is 3.09. The van der Waals surface area contributed by atoms with Crippen molar-refractivity contribution in [2.75, 3.05) is 18.4 Å². The fourth-order valence-electron chi connectivity index (χ4n) is 2.05. The van der Waals surface area contributed by atoms with Crippen LogP contribution in [0.5, 0.6) is 0 Å². The molecule has 132 valence electrons. The van der Waals surface area contributed by atoms with Gasteiger partial charge in [0.05, 0.1) is 13.1 Å². The molecular weight excluding hydrogens is 343 g/mol. The molecule has 0 aliphatic carbocycles. The lowest BCUT2D eigenvalue weighted by atomic mass is 10.2. The molecule has 2 aromatic rings. The van der Waals surface area contributed by atoms with E-state index in [1.54, 1.807) is 6.07 Å². The van der Waals surface area contributed by atoms with Crippen molar-refractivity contribution in [3.05, 3.63) is 64.9 Å². The number of hydrogen-bond acceptors (Lipinski definition) is 2. The molecule has 3 N–H and O–H groups in total. The molecule has 5 nitrogen and oxygen atoms in total. The minimum atomic E-state index is -0.348. The monoisotopic (exact) mass is 362 g/mol. The van der Waals surface area contributed by atoms with E-state index in [0.717, 1.165) is 5.56 Å². The first-order chi connectivity index (χ1) is 12.1. The van der Waals surface area contributed by atoms with Gasteiger partial charge < -0.3 is 16.0 Å². The molecule has 0 unspecified atom stereocenters. The molecule has 0 bridgehead atoms. The highest BCUT2D eigenvalue weighted by Gasteiger charge is 2.05. The van der Waals surface area contributed by atoms with Gasteiger partial charge in [0, 0.05) is 17.3 Å². The molecule has 25 heavy (non-hydrogen) atoms. The number of nitrogens with one attached hydrogen (secondary N) is 3. The van der Waals surface area contributed by atoms with Crippen molar-refractivity contribution in [3.63, 3.8) is 0 Å². The Labute approximate surface area is 151 Å². The Hall–Kier alpha value is -2.60. The maximum atomic E-state index is 12.9. The zero-order chi connectivity index (χ0) is 18.1. The number of carbonyl (C=O) groups is 1. The fourth-order valence-corrected chi connectivity index (χ4v) is 2.26. The zero-order valence-corrected chi connectivity index (χ0v) is 14.6. The van der Waals surface area contributed by atoms with Gasteiger partial charge in [-0.25, -0.2) is 9.38 Å². The van der Waals surface area contributed by atoms with E-state index in [9.17, 15) is 9.18 Å². The van der Waals surface area contributed by atoms with E-state index in [0.29, 0.717) is 29.8 Å². The molecule has 0 aromatic heterocycles. The van der Waals surface area contributed by atoms with E-state index in [2.05, 4.69) is 20.9 Å². The Morgan fingerprint density at radius 2 is 1.92 bits per heavy atom. The fraction of sp³-hybridized carbons (Fsp3) is 0.222. The van der Waals surface area contributed by atoms with Gasteiger partial charge >= 0.3 is 0 Å². The molecule has 0 atom stereocenters.